The van der Waals surface area contributed by atoms with Crippen LogP contribution < -0.4 is 0 Å². The van der Waals surface area contributed by atoms with Crippen molar-refractivity contribution in [1.82, 2.24) is 19.7 Å². The maximum absolute atomic E-state index is 5.83. The van der Waals surface area contributed by atoms with E-state index in [-0.39, 0.29) is 0 Å². The molecule has 0 fully saturated rings. The van der Waals surface area contributed by atoms with Gasteiger partial charge in [-0.3, -0.25) is 0 Å². The molecule has 0 unspecified atom stereocenters. The van der Waals surface area contributed by atoms with Gasteiger partial charge in [0.15, 0.2) is 11.4 Å². The number of rotatable bonds is 4. The molecule has 98 valence electrons. The van der Waals surface area contributed by atoms with Crippen LogP contribution in [0.15, 0.2) is 33.5 Å². The normalized spacial score (nSPS) is 11.3. The number of imidazole rings is 1. The van der Waals surface area contributed by atoms with Gasteiger partial charge in [-0.1, -0.05) is 5.16 Å². The van der Waals surface area contributed by atoms with E-state index in [9.17, 15) is 0 Å². The van der Waals surface area contributed by atoms with E-state index in [0.717, 1.165) is 27.2 Å². The second kappa shape index (κ2) is 5.30. The van der Waals surface area contributed by atoms with Gasteiger partial charge in [-0.2, -0.15) is 0 Å². The summed E-state index contributed by atoms with van der Waals surface area (Å²) in [5, 5.41) is 3.71. The Labute approximate surface area is 122 Å². The first-order valence-corrected chi connectivity index (χ1v) is 7.07. The minimum Gasteiger partial charge on any atom is -0.359 e. The number of aryl methyl sites for hydroxylation is 1. The number of halogens is 2. The quantitative estimate of drug-likeness (QED) is 0.685. The predicted octanol–water partition coefficient (Wildman–Crippen LogP) is 3.01. The standard InChI is InChI=1S/C12H10BrClN4O/c13-8-5-10-12(15-6-8)18(11(17-10)1-3-14)7-9-2-4-16-19-9/h2,4-6H,1,3,7H2. The van der Waals surface area contributed by atoms with Gasteiger partial charge in [0.05, 0.1) is 12.7 Å². The van der Waals surface area contributed by atoms with Crippen LogP contribution in [0.2, 0.25) is 0 Å². The highest BCUT2D eigenvalue weighted by atomic mass is 79.9. The lowest BCUT2D eigenvalue weighted by Crippen LogP contribution is -2.06. The van der Waals surface area contributed by atoms with E-state index in [0.29, 0.717) is 18.8 Å². The molecule has 19 heavy (non-hydrogen) atoms. The first kappa shape index (κ1) is 12.6. The summed E-state index contributed by atoms with van der Waals surface area (Å²) in [6, 6.07) is 3.77. The van der Waals surface area contributed by atoms with Crippen molar-refractivity contribution in [2.24, 2.45) is 0 Å². The van der Waals surface area contributed by atoms with Crippen molar-refractivity contribution in [3.05, 3.63) is 40.6 Å². The Morgan fingerprint density at radius 2 is 2.32 bits per heavy atom. The van der Waals surface area contributed by atoms with Crippen LogP contribution in [-0.4, -0.2) is 25.6 Å². The zero-order chi connectivity index (χ0) is 13.2. The van der Waals surface area contributed by atoms with E-state index in [4.69, 9.17) is 16.1 Å². The summed E-state index contributed by atoms with van der Waals surface area (Å²) in [5.41, 5.74) is 1.66. The molecular formula is C12H10BrClN4O. The molecule has 0 aromatic carbocycles. The van der Waals surface area contributed by atoms with Crippen LogP contribution in [0.1, 0.15) is 11.6 Å². The third kappa shape index (κ3) is 2.50. The molecule has 0 amide bonds. The van der Waals surface area contributed by atoms with Crippen molar-refractivity contribution in [2.75, 3.05) is 5.88 Å². The fraction of sp³-hybridized carbons (Fsp3) is 0.250. The fourth-order valence-corrected chi connectivity index (χ4v) is 2.44. The number of aromatic nitrogens is 4. The van der Waals surface area contributed by atoms with Gasteiger partial charge < -0.3 is 9.09 Å². The van der Waals surface area contributed by atoms with E-state index in [2.05, 4.69) is 31.1 Å². The Kier molecular flexibility index (Phi) is 3.52. The second-order valence-corrected chi connectivity index (χ2v) is 5.32. The van der Waals surface area contributed by atoms with Gasteiger partial charge in [-0.25, -0.2) is 9.97 Å². The van der Waals surface area contributed by atoms with Crippen molar-refractivity contribution >= 4 is 38.7 Å². The Morgan fingerprint density at radius 3 is 3.05 bits per heavy atom. The van der Waals surface area contributed by atoms with Gasteiger partial charge in [0, 0.05) is 29.0 Å². The summed E-state index contributed by atoms with van der Waals surface area (Å²) in [4.78, 5) is 8.98. The van der Waals surface area contributed by atoms with Crippen LogP contribution in [0.3, 0.4) is 0 Å². The molecule has 0 N–H and O–H groups in total. The van der Waals surface area contributed by atoms with Crippen molar-refractivity contribution in [1.29, 1.82) is 0 Å². The Morgan fingerprint density at radius 1 is 1.42 bits per heavy atom. The summed E-state index contributed by atoms with van der Waals surface area (Å²) >= 11 is 9.23. The molecular weight excluding hydrogens is 332 g/mol. The smallest absolute Gasteiger partial charge is 0.160 e. The highest BCUT2D eigenvalue weighted by molar-refractivity contribution is 9.10. The average molecular weight is 342 g/mol. The van der Waals surface area contributed by atoms with Gasteiger partial charge in [-0.05, 0) is 22.0 Å². The zero-order valence-electron chi connectivity index (χ0n) is 9.88. The SMILES string of the molecule is ClCCc1nc2cc(Br)cnc2n1Cc1ccno1. The lowest BCUT2D eigenvalue weighted by molar-refractivity contribution is 0.376. The number of pyridine rings is 1. The fourth-order valence-electron chi connectivity index (χ4n) is 1.95. The molecule has 0 aliphatic carbocycles. The molecule has 0 spiro atoms. The monoisotopic (exact) mass is 340 g/mol. The van der Waals surface area contributed by atoms with Crippen LogP contribution in [0.5, 0.6) is 0 Å². The average Bonchev–Trinajstić information content (AvgIpc) is 2.99. The molecule has 0 aliphatic heterocycles. The second-order valence-electron chi connectivity index (χ2n) is 4.03. The number of fused-ring (bicyclic) bond motifs is 1. The lowest BCUT2D eigenvalue weighted by atomic mass is 10.4. The highest BCUT2D eigenvalue weighted by Crippen LogP contribution is 2.20. The minimum atomic E-state index is 0.515. The number of hydrogen-bond donors (Lipinski definition) is 0. The van der Waals surface area contributed by atoms with Crippen LogP contribution in [-0.2, 0) is 13.0 Å². The van der Waals surface area contributed by atoms with E-state index in [1.54, 1.807) is 12.4 Å². The van der Waals surface area contributed by atoms with Crippen molar-refractivity contribution in [3.63, 3.8) is 0 Å². The molecule has 0 saturated carbocycles. The van der Waals surface area contributed by atoms with Crippen LogP contribution in [0, 0.1) is 0 Å². The van der Waals surface area contributed by atoms with Crippen LogP contribution in [0.4, 0.5) is 0 Å². The maximum atomic E-state index is 5.83. The predicted molar refractivity (Wildman–Crippen MR) is 75.3 cm³/mol. The molecule has 0 bridgehead atoms. The summed E-state index contributed by atoms with van der Waals surface area (Å²) in [6.07, 6.45) is 4.06. The van der Waals surface area contributed by atoms with E-state index >= 15 is 0 Å². The van der Waals surface area contributed by atoms with Gasteiger partial charge in [0.1, 0.15) is 11.3 Å². The number of hydrogen-bond acceptors (Lipinski definition) is 4. The highest BCUT2D eigenvalue weighted by Gasteiger charge is 2.13. The molecule has 3 aromatic rings. The van der Waals surface area contributed by atoms with E-state index in [1.165, 1.54) is 0 Å². The third-order valence-corrected chi connectivity index (χ3v) is 3.38. The third-order valence-electron chi connectivity index (χ3n) is 2.75. The lowest BCUT2D eigenvalue weighted by Gasteiger charge is -2.04. The van der Waals surface area contributed by atoms with Gasteiger partial charge >= 0.3 is 0 Å². The van der Waals surface area contributed by atoms with Crippen molar-refractivity contribution in [2.45, 2.75) is 13.0 Å². The number of alkyl halides is 1. The molecule has 0 atom stereocenters. The maximum Gasteiger partial charge on any atom is 0.160 e. The molecule has 0 radical (unpaired) electrons. The largest absolute Gasteiger partial charge is 0.359 e. The van der Waals surface area contributed by atoms with Gasteiger partial charge in [-0.15, -0.1) is 11.6 Å². The Bertz CT molecular complexity index is 695. The molecule has 0 aliphatic rings. The Hall–Kier alpha value is -1.40. The van der Waals surface area contributed by atoms with Crippen molar-refractivity contribution < 1.29 is 4.52 Å². The topological polar surface area (TPSA) is 56.7 Å². The molecule has 7 heteroatoms. The molecule has 3 rings (SSSR count). The first-order chi connectivity index (χ1) is 9.28. The van der Waals surface area contributed by atoms with E-state index < -0.39 is 0 Å². The van der Waals surface area contributed by atoms with E-state index in [1.807, 2.05) is 16.7 Å². The van der Waals surface area contributed by atoms with Gasteiger partial charge in [0.2, 0.25) is 0 Å². The number of nitrogens with zero attached hydrogens (tertiary/aromatic N) is 4. The summed E-state index contributed by atoms with van der Waals surface area (Å²) < 4.78 is 8.05. The molecule has 3 aromatic heterocycles. The zero-order valence-corrected chi connectivity index (χ0v) is 12.2. The summed E-state index contributed by atoms with van der Waals surface area (Å²) in [7, 11) is 0. The first-order valence-electron chi connectivity index (χ1n) is 5.74. The summed E-state index contributed by atoms with van der Waals surface area (Å²) in [6.45, 7) is 0.553. The van der Waals surface area contributed by atoms with Gasteiger partial charge in [0.25, 0.3) is 0 Å². The Balaban J connectivity index is 2.10. The molecule has 5 nitrogen and oxygen atoms in total. The van der Waals surface area contributed by atoms with Crippen LogP contribution in [0.25, 0.3) is 11.2 Å². The molecule has 3 heterocycles. The van der Waals surface area contributed by atoms with Crippen LogP contribution >= 0.6 is 27.5 Å². The van der Waals surface area contributed by atoms with Crippen molar-refractivity contribution in [3.8, 4) is 0 Å². The summed E-state index contributed by atoms with van der Waals surface area (Å²) in [5.74, 6) is 2.17. The molecule has 0 saturated heterocycles. The minimum absolute atomic E-state index is 0.515.